The lowest BCUT2D eigenvalue weighted by atomic mass is 10.2. The molecule has 3 nitrogen and oxygen atoms in total. The molecule has 4 heteroatoms. The van der Waals surface area contributed by atoms with Crippen molar-refractivity contribution < 1.29 is 0 Å². The van der Waals surface area contributed by atoms with Gasteiger partial charge in [-0.25, -0.2) is 4.98 Å². The molecule has 1 aromatic heterocycles. The highest BCUT2D eigenvalue weighted by molar-refractivity contribution is 7.98. The van der Waals surface area contributed by atoms with Gasteiger partial charge in [0.05, 0.1) is 5.69 Å². The van der Waals surface area contributed by atoms with E-state index in [1.807, 2.05) is 30.9 Å². The average molecular weight is 239 g/mol. The van der Waals surface area contributed by atoms with Crippen molar-refractivity contribution in [3.63, 3.8) is 0 Å². The second-order valence-corrected chi connectivity index (χ2v) is 5.15. The normalized spacial score (nSPS) is 12.5. The van der Waals surface area contributed by atoms with Crippen LogP contribution in [0.15, 0.2) is 12.3 Å². The van der Waals surface area contributed by atoms with Crippen LogP contribution in [0.1, 0.15) is 18.9 Å². The van der Waals surface area contributed by atoms with Crippen LogP contribution in [0.25, 0.3) is 0 Å². The van der Waals surface area contributed by atoms with Crippen LogP contribution >= 0.6 is 11.8 Å². The zero-order valence-electron chi connectivity index (χ0n) is 10.5. The first kappa shape index (κ1) is 13.2. The van der Waals surface area contributed by atoms with Crippen molar-refractivity contribution in [1.29, 1.82) is 0 Å². The van der Waals surface area contributed by atoms with Crippen molar-refractivity contribution in [1.82, 2.24) is 4.98 Å². The fourth-order valence-electron chi connectivity index (χ4n) is 1.57. The molecule has 0 spiro atoms. The Bertz CT molecular complexity index is 341. The highest BCUT2D eigenvalue weighted by atomic mass is 32.2. The number of nitrogen functional groups attached to an aromatic ring is 1. The maximum Gasteiger partial charge on any atom is 0.151 e. The standard InChI is InChI=1S/C12H21N3S/c1-9-7-11(13)12(14-8-9)15(3)10(2)5-6-16-4/h7-8,10H,5-6,13H2,1-4H3. The number of hydrogen-bond acceptors (Lipinski definition) is 4. The molecule has 0 aliphatic heterocycles. The fraction of sp³-hybridized carbons (Fsp3) is 0.583. The molecule has 0 fully saturated rings. The quantitative estimate of drug-likeness (QED) is 0.857. The van der Waals surface area contributed by atoms with Crippen molar-refractivity contribution in [2.75, 3.05) is 29.7 Å². The Labute approximate surface area is 102 Å². The van der Waals surface area contributed by atoms with Gasteiger partial charge in [0, 0.05) is 19.3 Å². The molecular formula is C12H21N3S. The van der Waals surface area contributed by atoms with Crippen LogP contribution in [0.4, 0.5) is 11.5 Å². The summed E-state index contributed by atoms with van der Waals surface area (Å²) in [7, 11) is 2.05. The SMILES string of the molecule is CSCCC(C)N(C)c1ncc(C)cc1N. The van der Waals surface area contributed by atoms with Crippen LogP contribution in [-0.2, 0) is 0 Å². The second-order valence-electron chi connectivity index (χ2n) is 4.17. The molecule has 0 aliphatic carbocycles. The fourth-order valence-corrected chi connectivity index (χ4v) is 2.15. The lowest BCUT2D eigenvalue weighted by Crippen LogP contribution is -2.30. The van der Waals surface area contributed by atoms with E-state index in [4.69, 9.17) is 5.73 Å². The van der Waals surface area contributed by atoms with Crippen LogP contribution in [0.5, 0.6) is 0 Å². The van der Waals surface area contributed by atoms with Crippen LogP contribution < -0.4 is 10.6 Å². The van der Waals surface area contributed by atoms with Gasteiger partial charge in [0.2, 0.25) is 0 Å². The minimum Gasteiger partial charge on any atom is -0.396 e. The molecule has 0 radical (unpaired) electrons. The topological polar surface area (TPSA) is 42.2 Å². The number of rotatable bonds is 5. The second kappa shape index (κ2) is 5.99. The van der Waals surface area contributed by atoms with E-state index in [0.717, 1.165) is 29.2 Å². The molecule has 1 rings (SSSR count). The van der Waals surface area contributed by atoms with E-state index in [9.17, 15) is 0 Å². The Balaban J connectivity index is 2.75. The summed E-state index contributed by atoms with van der Waals surface area (Å²) in [6.45, 7) is 4.21. The summed E-state index contributed by atoms with van der Waals surface area (Å²) in [5.74, 6) is 2.05. The van der Waals surface area contributed by atoms with E-state index in [-0.39, 0.29) is 0 Å². The van der Waals surface area contributed by atoms with Crippen molar-refractivity contribution in [2.24, 2.45) is 0 Å². The highest BCUT2D eigenvalue weighted by Crippen LogP contribution is 2.22. The molecule has 90 valence electrons. The van der Waals surface area contributed by atoms with Crippen molar-refractivity contribution >= 4 is 23.3 Å². The third kappa shape index (κ3) is 3.30. The highest BCUT2D eigenvalue weighted by Gasteiger charge is 2.13. The maximum absolute atomic E-state index is 5.98. The van der Waals surface area contributed by atoms with Gasteiger partial charge in [-0.1, -0.05) is 0 Å². The summed E-state index contributed by atoms with van der Waals surface area (Å²) in [5, 5.41) is 0. The first-order valence-corrected chi connectivity index (χ1v) is 6.89. The van der Waals surface area contributed by atoms with Crippen LogP contribution in [0.3, 0.4) is 0 Å². The van der Waals surface area contributed by atoms with Crippen LogP contribution in [0, 0.1) is 6.92 Å². The molecule has 0 aliphatic rings. The van der Waals surface area contributed by atoms with E-state index >= 15 is 0 Å². The van der Waals surface area contributed by atoms with Crippen molar-refractivity contribution in [3.8, 4) is 0 Å². The third-order valence-electron chi connectivity index (χ3n) is 2.77. The molecule has 1 heterocycles. The largest absolute Gasteiger partial charge is 0.396 e. The molecule has 1 unspecified atom stereocenters. The average Bonchev–Trinajstić information content (AvgIpc) is 2.25. The molecule has 2 N–H and O–H groups in total. The van der Waals surface area contributed by atoms with E-state index < -0.39 is 0 Å². The van der Waals surface area contributed by atoms with Crippen molar-refractivity contribution in [3.05, 3.63) is 17.8 Å². The molecule has 0 amide bonds. The van der Waals surface area contributed by atoms with Gasteiger partial charge in [0.15, 0.2) is 5.82 Å². The number of nitrogens with zero attached hydrogens (tertiary/aromatic N) is 2. The lowest BCUT2D eigenvalue weighted by molar-refractivity contribution is 0.663. The monoisotopic (exact) mass is 239 g/mol. The first-order valence-electron chi connectivity index (χ1n) is 5.50. The predicted octanol–water partition coefficient (Wildman–Crippen LogP) is 2.55. The molecule has 1 atom stereocenters. The summed E-state index contributed by atoms with van der Waals surface area (Å²) >= 11 is 1.87. The Morgan fingerprint density at radius 2 is 2.25 bits per heavy atom. The summed E-state index contributed by atoms with van der Waals surface area (Å²) in [6, 6.07) is 2.44. The molecule has 0 saturated carbocycles. The van der Waals surface area contributed by atoms with Crippen molar-refractivity contribution in [2.45, 2.75) is 26.3 Å². The Morgan fingerprint density at radius 3 is 2.81 bits per heavy atom. The Morgan fingerprint density at radius 1 is 1.56 bits per heavy atom. The van der Waals surface area contributed by atoms with Gasteiger partial charge in [-0.05, 0) is 43.9 Å². The zero-order chi connectivity index (χ0) is 12.1. The molecule has 0 aromatic carbocycles. The molecule has 0 saturated heterocycles. The van der Waals surface area contributed by atoms with Gasteiger partial charge < -0.3 is 10.6 Å². The zero-order valence-corrected chi connectivity index (χ0v) is 11.3. The molecule has 16 heavy (non-hydrogen) atoms. The summed E-state index contributed by atoms with van der Waals surface area (Å²) in [6.07, 6.45) is 5.14. The van der Waals surface area contributed by atoms with Crippen LogP contribution in [-0.4, -0.2) is 30.1 Å². The number of aryl methyl sites for hydroxylation is 1. The minimum atomic E-state index is 0.463. The molecular weight excluding hydrogens is 218 g/mol. The van der Waals surface area contributed by atoms with E-state index in [1.54, 1.807) is 0 Å². The van der Waals surface area contributed by atoms with Gasteiger partial charge in [0.1, 0.15) is 0 Å². The number of pyridine rings is 1. The van der Waals surface area contributed by atoms with Crippen LogP contribution in [0.2, 0.25) is 0 Å². The number of nitrogens with two attached hydrogens (primary N) is 1. The van der Waals surface area contributed by atoms with Gasteiger partial charge in [-0.15, -0.1) is 0 Å². The molecule has 1 aromatic rings. The summed E-state index contributed by atoms with van der Waals surface area (Å²) in [4.78, 5) is 6.56. The van der Waals surface area contributed by atoms with E-state index in [0.29, 0.717) is 6.04 Å². The summed E-state index contributed by atoms with van der Waals surface area (Å²) in [5.41, 5.74) is 7.85. The number of aromatic nitrogens is 1. The Hall–Kier alpha value is -0.900. The smallest absolute Gasteiger partial charge is 0.151 e. The van der Waals surface area contributed by atoms with Gasteiger partial charge in [0.25, 0.3) is 0 Å². The predicted molar refractivity (Wildman–Crippen MR) is 74.3 cm³/mol. The first-order chi connectivity index (χ1) is 7.56. The minimum absolute atomic E-state index is 0.463. The number of anilines is 2. The van der Waals surface area contributed by atoms with Gasteiger partial charge in [-0.3, -0.25) is 0 Å². The van der Waals surface area contributed by atoms with E-state index in [1.165, 1.54) is 0 Å². The van der Waals surface area contributed by atoms with Gasteiger partial charge in [-0.2, -0.15) is 11.8 Å². The Kier molecular flexibility index (Phi) is 4.93. The molecule has 0 bridgehead atoms. The number of thioether (sulfide) groups is 1. The van der Waals surface area contributed by atoms with E-state index in [2.05, 4.69) is 30.1 Å². The maximum atomic E-state index is 5.98. The van der Waals surface area contributed by atoms with Gasteiger partial charge >= 0.3 is 0 Å². The third-order valence-corrected chi connectivity index (χ3v) is 3.41. The lowest BCUT2D eigenvalue weighted by Gasteiger charge is -2.27. The number of hydrogen-bond donors (Lipinski definition) is 1. The summed E-state index contributed by atoms with van der Waals surface area (Å²) < 4.78 is 0.